The molecular weight excluding hydrogens is 446 g/mol. The molecule has 0 aliphatic rings. The van der Waals surface area contributed by atoms with Crippen molar-refractivity contribution >= 4 is 16.7 Å². The number of amides is 1. The van der Waals surface area contributed by atoms with E-state index in [1.54, 1.807) is 13.2 Å². The summed E-state index contributed by atoms with van der Waals surface area (Å²) in [5.41, 5.74) is 3.38. The summed E-state index contributed by atoms with van der Waals surface area (Å²) in [7, 11) is 1.62. The number of hydrogen-bond donors (Lipinski definition) is 1. The zero-order valence-corrected chi connectivity index (χ0v) is 20.1. The molecule has 0 unspecified atom stereocenters. The third-order valence-electron chi connectivity index (χ3n) is 6.20. The summed E-state index contributed by atoms with van der Waals surface area (Å²) >= 11 is 0. The van der Waals surface area contributed by atoms with Crippen LogP contribution >= 0.6 is 0 Å². The van der Waals surface area contributed by atoms with Gasteiger partial charge in [-0.3, -0.25) is 4.79 Å². The number of benzene rings is 5. The average Bonchev–Trinajstić information content (AvgIpc) is 2.95. The lowest BCUT2D eigenvalue weighted by Gasteiger charge is -2.20. The second kappa shape index (κ2) is 10.8. The molecule has 4 nitrogen and oxygen atoms in total. The maximum absolute atomic E-state index is 13.4. The van der Waals surface area contributed by atoms with E-state index in [9.17, 15) is 4.79 Å². The van der Waals surface area contributed by atoms with Crippen LogP contribution in [0.15, 0.2) is 121 Å². The van der Waals surface area contributed by atoms with Crippen molar-refractivity contribution in [2.24, 2.45) is 0 Å². The van der Waals surface area contributed by atoms with Crippen LogP contribution in [0.3, 0.4) is 0 Å². The molecule has 0 spiro atoms. The summed E-state index contributed by atoms with van der Waals surface area (Å²) in [6.45, 7) is 0.281. The summed E-state index contributed by atoms with van der Waals surface area (Å²) in [5.74, 6) is 1.27. The van der Waals surface area contributed by atoms with E-state index >= 15 is 0 Å². The number of methoxy groups -OCH3 is 1. The summed E-state index contributed by atoms with van der Waals surface area (Å²) in [6.07, 6.45) is 0. The minimum absolute atomic E-state index is 0.165. The fraction of sp³-hybridized carbons (Fsp3) is 0.0938. The predicted octanol–water partition coefficient (Wildman–Crippen LogP) is 6.95. The Morgan fingerprint density at radius 2 is 1.36 bits per heavy atom. The molecule has 1 N–H and O–H groups in total. The van der Waals surface area contributed by atoms with Crippen molar-refractivity contribution in [1.82, 2.24) is 5.32 Å². The van der Waals surface area contributed by atoms with Gasteiger partial charge in [-0.25, -0.2) is 0 Å². The molecule has 0 atom stereocenters. The van der Waals surface area contributed by atoms with Gasteiger partial charge >= 0.3 is 0 Å². The molecule has 0 aliphatic heterocycles. The molecule has 1 amide bonds. The molecular formula is C32H27NO3. The van der Waals surface area contributed by atoms with Crippen molar-refractivity contribution in [3.8, 4) is 11.5 Å². The Kier molecular flexibility index (Phi) is 6.95. The Labute approximate surface area is 211 Å². The van der Waals surface area contributed by atoms with Crippen molar-refractivity contribution in [1.29, 1.82) is 0 Å². The highest BCUT2D eigenvalue weighted by Gasteiger charge is 2.19. The average molecular weight is 474 g/mol. The highest BCUT2D eigenvalue weighted by molar-refractivity contribution is 5.95. The Bertz CT molecular complexity index is 1430. The van der Waals surface area contributed by atoms with Gasteiger partial charge in [-0.05, 0) is 52.2 Å². The topological polar surface area (TPSA) is 47.6 Å². The first kappa shape index (κ1) is 23.2. The smallest absolute Gasteiger partial charge is 0.252 e. The van der Waals surface area contributed by atoms with Crippen molar-refractivity contribution in [3.63, 3.8) is 0 Å². The Balaban J connectivity index is 1.37. The number of hydrogen-bond acceptors (Lipinski definition) is 3. The molecule has 0 bridgehead atoms. The molecule has 0 saturated carbocycles. The van der Waals surface area contributed by atoms with Gasteiger partial charge in [0.05, 0.1) is 13.2 Å². The molecule has 178 valence electrons. The maximum Gasteiger partial charge on any atom is 0.252 e. The van der Waals surface area contributed by atoms with Crippen molar-refractivity contribution in [2.45, 2.75) is 12.6 Å². The zero-order chi connectivity index (χ0) is 24.7. The molecule has 0 aromatic heterocycles. The van der Waals surface area contributed by atoms with E-state index in [-0.39, 0.29) is 18.6 Å². The number of ether oxygens (including phenoxy) is 2. The van der Waals surface area contributed by atoms with Crippen LogP contribution in [0.5, 0.6) is 11.5 Å². The first-order valence-electron chi connectivity index (χ1n) is 11.9. The number of carbonyl (C=O) groups excluding carboxylic acids is 1. The van der Waals surface area contributed by atoms with E-state index in [0.29, 0.717) is 11.3 Å². The fourth-order valence-corrected chi connectivity index (χ4v) is 4.32. The van der Waals surface area contributed by atoms with E-state index in [1.165, 1.54) is 0 Å². The Hall–Kier alpha value is -4.57. The first-order chi connectivity index (χ1) is 17.7. The van der Waals surface area contributed by atoms with Gasteiger partial charge in [0.1, 0.15) is 18.1 Å². The van der Waals surface area contributed by atoms with Crippen LogP contribution in [0.1, 0.15) is 33.1 Å². The van der Waals surface area contributed by atoms with Crippen LogP contribution in [0.4, 0.5) is 0 Å². The monoisotopic (exact) mass is 473 g/mol. The number of carbonyl (C=O) groups is 1. The van der Waals surface area contributed by atoms with Gasteiger partial charge in [-0.1, -0.05) is 91.0 Å². The van der Waals surface area contributed by atoms with Crippen molar-refractivity contribution < 1.29 is 14.3 Å². The minimum Gasteiger partial charge on any atom is -0.496 e. The molecule has 4 heteroatoms. The van der Waals surface area contributed by atoms with Crippen molar-refractivity contribution in [3.05, 3.63) is 144 Å². The number of fused-ring (bicyclic) bond motifs is 1. The van der Waals surface area contributed by atoms with Crippen LogP contribution < -0.4 is 14.8 Å². The third-order valence-corrected chi connectivity index (χ3v) is 6.20. The van der Waals surface area contributed by atoms with Crippen LogP contribution in [0.25, 0.3) is 10.8 Å². The molecule has 0 fully saturated rings. The summed E-state index contributed by atoms with van der Waals surface area (Å²) in [6, 6.07) is 39.3. The second-order valence-corrected chi connectivity index (χ2v) is 8.55. The number of nitrogens with one attached hydrogen (secondary N) is 1. The standard InChI is InChI=1S/C32H27NO3/c1-35-30-19-17-27(20-28(30)22-36-29-18-16-23-10-8-9-15-26(23)21-29)32(34)33-31(24-11-4-2-5-12-24)25-13-6-3-7-14-25/h2-21,31H,22H2,1H3,(H,33,34). The Morgan fingerprint density at radius 1 is 0.722 bits per heavy atom. The third kappa shape index (κ3) is 5.23. The van der Waals surface area contributed by atoms with Crippen LogP contribution in [0, 0.1) is 0 Å². The number of rotatable bonds is 8. The van der Waals surface area contributed by atoms with Gasteiger partial charge in [-0.15, -0.1) is 0 Å². The van der Waals surface area contributed by atoms with E-state index in [1.807, 2.05) is 103 Å². The largest absolute Gasteiger partial charge is 0.496 e. The van der Waals surface area contributed by atoms with Crippen LogP contribution in [-0.4, -0.2) is 13.0 Å². The first-order valence-corrected chi connectivity index (χ1v) is 11.9. The Morgan fingerprint density at radius 3 is 2.03 bits per heavy atom. The SMILES string of the molecule is COc1ccc(C(=O)NC(c2ccccc2)c2ccccc2)cc1COc1ccc2ccccc2c1. The summed E-state index contributed by atoms with van der Waals surface area (Å²) < 4.78 is 11.6. The fourth-order valence-electron chi connectivity index (χ4n) is 4.32. The second-order valence-electron chi connectivity index (χ2n) is 8.55. The van der Waals surface area contributed by atoms with Crippen LogP contribution in [-0.2, 0) is 6.61 Å². The molecule has 36 heavy (non-hydrogen) atoms. The summed E-state index contributed by atoms with van der Waals surface area (Å²) in [4.78, 5) is 13.4. The molecule has 5 aromatic rings. The highest BCUT2D eigenvalue weighted by Crippen LogP contribution is 2.26. The van der Waals surface area contributed by atoms with E-state index < -0.39 is 0 Å². The maximum atomic E-state index is 13.4. The summed E-state index contributed by atoms with van der Waals surface area (Å²) in [5, 5.41) is 5.48. The molecule has 0 aliphatic carbocycles. The van der Waals surface area contributed by atoms with Gasteiger partial charge < -0.3 is 14.8 Å². The normalized spacial score (nSPS) is 10.8. The minimum atomic E-state index is -0.265. The van der Waals surface area contributed by atoms with Gasteiger partial charge in [0.25, 0.3) is 5.91 Å². The zero-order valence-electron chi connectivity index (χ0n) is 20.1. The van der Waals surface area contributed by atoms with E-state index in [0.717, 1.165) is 33.2 Å². The van der Waals surface area contributed by atoms with Gasteiger partial charge in [-0.2, -0.15) is 0 Å². The lowest BCUT2D eigenvalue weighted by Crippen LogP contribution is -2.29. The quantitative estimate of drug-likeness (QED) is 0.265. The molecule has 0 radical (unpaired) electrons. The molecule has 0 saturated heterocycles. The molecule has 5 aromatic carbocycles. The van der Waals surface area contributed by atoms with E-state index in [2.05, 4.69) is 17.4 Å². The van der Waals surface area contributed by atoms with Gasteiger partial charge in [0.2, 0.25) is 0 Å². The van der Waals surface area contributed by atoms with E-state index in [4.69, 9.17) is 9.47 Å². The van der Waals surface area contributed by atoms with Crippen LogP contribution in [0.2, 0.25) is 0 Å². The van der Waals surface area contributed by atoms with Gasteiger partial charge in [0.15, 0.2) is 0 Å². The lowest BCUT2D eigenvalue weighted by molar-refractivity contribution is 0.0942. The molecule has 0 heterocycles. The predicted molar refractivity (Wildman–Crippen MR) is 143 cm³/mol. The lowest BCUT2D eigenvalue weighted by atomic mass is 9.98. The van der Waals surface area contributed by atoms with Gasteiger partial charge in [0, 0.05) is 11.1 Å². The van der Waals surface area contributed by atoms with Crippen molar-refractivity contribution in [2.75, 3.05) is 7.11 Å². The molecule has 5 rings (SSSR count). The highest BCUT2D eigenvalue weighted by atomic mass is 16.5.